The summed E-state index contributed by atoms with van der Waals surface area (Å²) in [6.07, 6.45) is 5.52. The first-order valence-corrected chi connectivity index (χ1v) is 11.3. The van der Waals surface area contributed by atoms with Gasteiger partial charge in [-0.25, -0.2) is 4.98 Å². The van der Waals surface area contributed by atoms with Crippen molar-refractivity contribution in [1.29, 1.82) is 0 Å². The van der Waals surface area contributed by atoms with Crippen molar-refractivity contribution >= 4 is 22.9 Å². The third kappa shape index (κ3) is 4.08. The molecule has 2 aliphatic rings. The first-order valence-electron chi connectivity index (χ1n) is 10.4. The number of aromatic nitrogens is 1. The van der Waals surface area contributed by atoms with Gasteiger partial charge < -0.3 is 14.5 Å². The summed E-state index contributed by atoms with van der Waals surface area (Å²) < 4.78 is 5.88. The normalized spacial score (nSPS) is 20.1. The first-order chi connectivity index (χ1) is 13.7. The molecular formula is C22H29N3O2S. The van der Waals surface area contributed by atoms with Gasteiger partial charge in [-0.1, -0.05) is 13.3 Å². The molecule has 1 fully saturated rings. The number of nitrogens with zero attached hydrogens (tertiary/aromatic N) is 3. The molecule has 6 heteroatoms. The van der Waals surface area contributed by atoms with Gasteiger partial charge in [-0.3, -0.25) is 4.79 Å². The number of hydrogen-bond acceptors (Lipinski definition) is 5. The molecule has 28 heavy (non-hydrogen) atoms. The van der Waals surface area contributed by atoms with E-state index < -0.39 is 6.10 Å². The third-order valence-corrected chi connectivity index (χ3v) is 6.48. The fourth-order valence-electron chi connectivity index (χ4n) is 3.99. The van der Waals surface area contributed by atoms with Crippen LogP contribution in [-0.4, -0.2) is 48.1 Å². The van der Waals surface area contributed by atoms with Crippen molar-refractivity contribution in [2.45, 2.75) is 52.1 Å². The van der Waals surface area contributed by atoms with E-state index in [1.807, 2.05) is 17.9 Å². The average Bonchev–Trinajstić information content (AvgIpc) is 3.18. The maximum absolute atomic E-state index is 12.9. The van der Waals surface area contributed by atoms with E-state index in [0.29, 0.717) is 6.54 Å². The highest BCUT2D eigenvalue weighted by Gasteiger charge is 2.32. The van der Waals surface area contributed by atoms with Crippen LogP contribution in [0.4, 0.5) is 5.69 Å². The Balaban J connectivity index is 1.58. The van der Waals surface area contributed by atoms with Gasteiger partial charge in [0.1, 0.15) is 5.75 Å². The van der Waals surface area contributed by atoms with Gasteiger partial charge in [-0.05, 0) is 63.9 Å². The van der Waals surface area contributed by atoms with E-state index in [9.17, 15) is 4.79 Å². The van der Waals surface area contributed by atoms with Crippen LogP contribution in [0.25, 0.3) is 11.3 Å². The molecule has 0 N–H and O–H groups in total. The zero-order valence-corrected chi connectivity index (χ0v) is 17.6. The zero-order valence-electron chi connectivity index (χ0n) is 16.8. The lowest BCUT2D eigenvalue weighted by molar-refractivity contribution is -0.125. The Morgan fingerprint density at radius 1 is 1.21 bits per heavy atom. The minimum absolute atomic E-state index is 0.0478. The molecule has 1 unspecified atom stereocenters. The van der Waals surface area contributed by atoms with E-state index in [1.165, 1.54) is 19.3 Å². The summed E-state index contributed by atoms with van der Waals surface area (Å²) in [6, 6.07) is 6.11. The lowest BCUT2D eigenvalue weighted by atomic mass is 10.1. The number of carbonyl (C=O) groups is 1. The van der Waals surface area contributed by atoms with Crippen LogP contribution >= 0.6 is 11.3 Å². The predicted octanol–water partition coefficient (Wildman–Crippen LogP) is 4.36. The highest BCUT2D eigenvalue weighted by molar-refractivity contribution is 7.09. The van der Waals surface area contributed by atoms with Gasteiger partial charge in [0.2, 0.25) is 0 Å². The Labute approximate surface area is 171 Å². The Bertz CT molecular complexity index is 829. The zero-order chi connectivity index (χ0) is 19.5. The number of piperidine rings is 1. The van der Waals surface area contributed by atoms with Crippen LogP contribution in [0.3, 0.4) is 0 Å². The van der Waals surface area contributed by atoms with Gasteiger partial charge in [-0.2, -0.15) is 0 Å². The molecule has 4 rings (SSSR count). The van der Waals surface area contributed by atoms with Crippen LogP contribution in [-0.2, 0) is 11.2 Å². The Morgan fingerprint density at radius 3 is 2.82 bits per heavy atom. The quantitative estimate of drug-likeness (QED) is 0.724. The number of benzene rings is 1. The molecule has 3 heterocycles. The lowest BCUT2D eigenvalue weighted by Gasteiger charge is -2.35. The first kappa shape index (κ1) is 19.4. The number of rotatable bonds is 6. The molecule has 2 aromatic rings. The fourth-order valence-corrected chi connectivity index (χ4v) is 4.90. The van der Waals surface area contributed by atoms with E-state index in [2.05, 4.69) is 29.3 Å². The van der Waals surface area contributed by atoms with Gasteiger partial charge >= 0.3 is 0 Å². The predicted molar refractivity (Wildman–Crippen MR) is 114 cm³/mol. The molecule has 1 aromatic carbocycles. The van der Waals surface area contributed by atoms with E-state index in [1.54, 1.807) is 11.3 Å². The molecule has 1 atom stereocenters. The minimum Gasteiger partial charge on any atom is -0.479 e. The summed E-state index contributed by atoms with van der Waals surface area (Å²) in [5.41, 5.74) is 2.91. The summed E-state index contributed by atoms with van der Waals surface area (Å²) in [6.45, 7) is 7.91. The van der Waals surface area contributed by atoms with Gasteiger partial charge in [0.25, 0.3) is 5.91 Å². The number of fused-ring (bicyclic) bond motifs is 1. The van der Waals surface area contributed by atoms with Crippen LogP contribution in [0.15, 0.2) is 23.6 Å². The molecule has 1 saturated heterocycles. The Morgan fingerprint density at radius 2 is 2.04 bits per heavy atom. The number of likely N-dealkylation sites (tertiary alicyclic amines) is 1. The highest BCUT2D eigenvalue weighted by Crippen LogP contribution is 2.37. The summed E-state index contributed by atoms with van der Waals surface area (Å²) >= 11 is 1.71. The maximum Gasteiger partial charge on any atom is 0.267 e. The molecule has 150 valence electrons. The van der Waals surface area contributed by atoms with Gasteiger partial charge in [0, 0.05) is 24.0 Å². The van der Waals surface area contributed by atoms with Crippen molar-refractivity contribution in [1.82, 2.24) is 9.88 Å². The smallest absolute Gasteiger partial charge is 0.267 e. The van der Waals surface area contributed by atoms with Crippen LogP contribution in [0, 0.1) is 0 Å². The molecule has 5 nitrogen and oxygen atoms in total. The maximum atomic E-state index is 12.9. The molecule has 0 aliphatic carbocycles. The topological polar surface area (TPSA) is 45.7 Å². The number of ether oxygens (including phenoxy) is 1. The molecule has 1 aromatic heterocycles. The summed E-state index contributed by atoms with van der Waals surface area (Å²) in [5.74, 6) is 0.838. The van der Waals surface area contributed by atoms with E-state index >= 15 is 0 Å². The average molecular weight is 400 g/mol. The Hall–Kier alpha value is -1.92. The SMILES string of the molecule is CCCc1nc(-c2ccc3c(c2)N(CCN2CCCCC2)C(=O)C(C)O3)cs1. The van der Waals surface area contributed by atoms with Gasteiger partial charge in [0.05, 0.1) is 16.4 Å². The lowest BCUT2D eigenvalue weighted by Crippen LogP contribution is -2.48. The van der Waals surface area contributed by atoms with Crippen molar-refractivity contribution < 1.29 is 9.53 Å². The number of hydrogen-bond donors (Lipinski definition) is 0. The van der Waals surface area contributed by atoms with E-state index in [4.69, 9.17) is 9.72 Å². The molecule has 0 radical (unpaired) electrons. The van der Waals surface area contributed by atoms with Crippen molar-refractivity contribution in [3.05, 3.63) is 28.6 Å². The van der Waals surface area contributed by atoms with Crippen molar-refractivity contribution in [3.8, 4) is 17.0 Å². The second kappa shape index (κ2) is 8.62. The number of thiazole rings is 1. The number of amides is 1. The van der Waals surface area contributed by atoms with Crippen molar-refractivity contribution in [2.75, 3.05) is 31.1 Å². The van der Waals surface area contributed by atoms with E-state index in [-0.39, 0.29) is 5.91 Å². The van der Waals surface area contributed by atoms with Crippen LogP contribution in [0.1, 0.15) is 44.5 Å². The molecule has 1 amide bonds. The fraction of sp³-hybridized carbons (Fsp3) is 0.545. The second-order valence-electron chi connectivity index (χ2n) is 7.71. The second-order valence-corrected chi connectivity index (χ2v) is 8.65. The molecule has 0 saturated carbocycles. The summed E-state index contributed by atoms with van der Waals surface area (Å²) in [4.78, 5) is 22.0. The monoisotopic (exact) mass is 399 g/mol. The molecular weight excluding hydrogens is 370 g/mol. The number of anilines is 1. The minimum atomic E-state index is -0.435. The highest BCUT2D eigenvalue weighted by atomic mass is 32.1. The Kier molecular flexibility index (Phi) is 5.97. The van der Waals surface area contributed by atoms with Crippen LogP contribution in [0.2, 0.25) is 0 Å². The molecule has 0 spiro atoms. The van der Waals surface area contributed by atoms with Crippen LogP contribution in [0.5, 0.6) is 5.75 Å². The van der Waals surface area contributed by atoms with Gasteiger partial charge in [-0.15, -0.1) is 11.3 Å². The van der Waals surface area contributed by atoms with Crippen LogP contribution < -0.4 is 9.64 Å². The molecule has 2 aliphatic heterocycles. The van der Waals surface area contributed by atoms with E-state index in [0.717, 1.165) is 60.2 Å². The molecule has 0 bridgehead atoms. The standard InChI is InChI=1S/C22H29N3O2S/c1-3-7-21-23-18(15-28-21)17-8-9-20-19(14-17)25(22(26)16(2)27-20)13-12-24-10-5-4-6-11-24/h8-9,14-16H,3-7,10-13H2,1-2H3. The summed E-state index contributed by atoms with van der Waals surface area (Å²) in [5, 5.41) is 3.27. The van der Waals surface area contributed by atoms with Crippen molar-refractivity contribution in [2.24, 2.45) is 0 Å². The number of aryl methyl sites for hydroxylation is 1. The van der Waals surface area contributed by atoms with Gasteiger partial charge in [0.15, 0.2) is 6.10 Å². The number of carbonyl (C=O) groups excluding carboxylic acids is 1. The summed E-state index contributed by atoms with van der Waals surface area (Å²) in [7, 11) is 0. The van der Waals surface area contributed by atoms with Crippen molar-refractivity contribution in [3.63, 3.8) is 0 Å². The largest absolute Gasteiger partial charge is 0.479 e. The third-order valence-electron chi connectivity index (χ3n) is 5.57.